The van der Waals surface area contributed by atoms with Gasteiger partial charge in [0.05, 0.1) is 0 Å². The molecule has 0 amide bonds. The van der Waals surface area contributed by atoms with Gasteiger partial charge in [0.1, 0.15) is 0 Å². The van der Waals surface area contributed by atoms with Crippen molar-refractivity contribution in [3.63, 3.8) is 0 Å². The van der Waals surface area contributed by atoms with Crippen molar-refractivity contribution in [2.75, 3.05) is 19.8 Å². The Kier molecular flexibility index (Phi) is 4.38. The van der Waals surface area contributed by atoms with Crippen molar-refractivity contribution in [2.24, 2.45) is 5.92 Å². The molecule has 8 heavy (non-hydrogen) atoms. The highest BCUT2D eigenvalue weighted by Crippen LogP contribution is 2.08. The third-order valence-corrected chi connectivity index (χ3v) is 2.00. The highest BCUT2D eigenvalue weighted by molar-refractivity contribution is 7.96. The normalized spacial score (nSPS) is 11.2. The van der Waals surface area contributed by atoms with Gasteiger partial charge in [-0.2, -0.15) is 0 Å². The van der Waals surface area contributed by atoms with Gasteiger partial charge < -0.3 is 0 Å². The van der Waals surface area contributed by atoms with E-state index in [1.165, 1.54) is 5.75 Å². The maximum atomic E-state index is 2.23. The standard InChI is InChI=1S/C6H15NS/c1-6(2)5-8-7(3)4/h6H,5H2,1-4H3. The van der Waals surface area contributed by atoms with E-state index in [-0.39, 0.29) is 0 Å². The Morgan fingerprint density at radius 3 is 2.00 bits per heavy atom. The first kappa shape index (κ1) is 8.31. The molecular weight excluding hydrogens is 118 g/mol. The van der Waals surface area contributed by atoms with Crippen LogP contribution in [0.2, 0.25) is 0 Å². The molecule has 0 aromatic heterocycles. The Labute approximate surface area is 56.6 Å². The zero-order valence-electron chi connectivity index (χ0n) is 6.14. The molecule has 0 unspecified atom stereocenters. The van der Waals surface area contributed by atoms with Crippen molar-refractivity contribution in [3.05, 3.63) is 0 Å². The molecule has 0 aliphatic heterocycles. The van der Waals surface area contributed by atoms with Crippen LogP contribution in [0, 0.1) is 5.92 Å². The molecule has 0 fully saturated rings. The molecule has 0 bridgehead atoms. The summed E-state index contributed by atoms with van der Waals surface area (Å²) >= 11 is 1.87. The smallest absolute Gasteiger partial charge is 0.0104 e. The van der Waals surface area contributed by atoms with E-state index >= 15 is 0 Å². The third kappa shape index (κ3) is 6.31. The van der Waals surface area contributed by atoms with Gasteiger partial charge in [0.15, 0.2) is 0 Å². The Hall–Kier alpha value is 0.310. The lowest BCUT2D eigenvalue weighted by Crippen LogP contribution is -2.03. The van der Waals surface area contributed by atoms with Crippen LogP contribution in [0.3, 0.4) is 0 Å². The molecular formula is C6H15NS. The minimum absolute atomic E-state index is 0.808. The van der Waals surface area contributed by atoms with Gasteiger partial charge in [0, 0.05) is 5.75 Å². The number of nitrogens with zero attached hydrogens (tertiary/aromatic N) is 1. The van der Waals surface area contributed by atoms with Gasteiger partial charge in [0.25, 0.3) is 0 Å². The van der Waals surface area contributed by atoms with E-state index in [1.807, 2.05) is 11.9 Å². The van der Waals surface area contributed by atoms with Gasteiger partial charge in [-0.05, 0) is 20.0 Å². The largest absolute Gasteiger partial charge is 0.257 e. The lowest BCUT2D eigenvalue weighted by atomic mass is 10.3. The van der Waals surface area contributed by atoms with Gasteiger partial charge in [-0.15, -0.1) is 0 Å². The summed E-state index contributed by atoms with van der Waals surface area (Å²) in [4.78, 5) is 0. The molecule has 0 heterocycles. The Morgan fingerprint density at radius 1 is 1.38 bits per heavy atom. The average Bonchev–Trinajstić information content (AvgIpc) is 1.61. The predicted octanol–water partition coefficient (Wildman–Crippen LogP) is 1.85. The third-order valence-electron chi connectivity index (χ3n) is 0.666. The topological polar surface area (TPSA) is 3.24 Å². The van der Waals surface area contributed by atoms with Crippen LogP contribution in [-0.2, 0) is 0 Å². The number of rotatable bonds is 3. The van der Waals surface area contributed by atoms with Crippen LogP contribution in [0.5, 0.6) is 0 Å². The number of hydrogen-bond donors (Lipinski definition) is 0. The second kappa shape index (κ2) is 4.21. The molecule has 0 N–H and O–H groups in total. The van der Waals surface area contributed by atoms with E-state index in [0.29, 0.717) is 0 Å². The average molecular weight is 133 g/mol. The zero-order chi connectivity index (χ0) is 6.57. The van der Waals surface area contributed by atoms with Crippen molar-refractivity contribution in [1.29, 1.82) is 0 Å². The Morgan fingerprint density at radius 2 is 1.88 bits per heavy atom. The second-order valence-electron chi connectivity index (χ2n) is 2.50. The monoisotopic (exact) mass is 133 g/mol. The molecule has 0 aliphatic rings. The lowest BCUT2D eigenvalue weighted by Gasteiger charge is -2.09. The first-order chi connectivity index (χ1) is 3.63. The molecule has 0 aromatic rings. The van der Waals surface area contributed by atoms with Crippen molar-refractivity contribution in [2.45, 2.75) is 13.8 Å². The van der Waals surface area contributed by atoms with Gasteiger partial charge in [-0.1, -0.05) is 25.8 Å². The van der Waals surface area contributed by atoms with E-state index in [9.17, 15) is 0 Å². The van der Waals surface area contributed by atoms with E-state index in [4.69, 9.17) is 0 Å². The maximum Gasteiger partial charge on any atom is 0.0104 e. The molecule has 0 radical (unpaired) electrons. The van der Waals surface area contributed by atoms with Crippen LogP contribution in [0.1, 0.15) is 13.8 Å². The molecule has 50 valence electrons. The second-order valence-corrected chi connectivity index (χ2v) is 3.82. The molecule has 0 spiro atoms. The molecule has 0 saturated heterocycles. The van der Waals surface area contributed by atoms with Crippen LogP contribution in [0.25, 0.3) is 0 Å². The Balaban J connectivity index is 2.93. The van der Waals surface area contributed by atoms with E-state index in [1.54, 1.807) is 0 Å². The minimum atomic E-state index is 0.808. The Bertz CT molecular complexity index is 44.5. The van der Waals surface area contributed by atoms with Gasteiger partial charge in [-0.25, -0.2) is 0 Å². The lowest BCUT2D eigenvalue weighted by molar-refractivity contribution is 0.680. The van der Waals surface area contributed by atoms with E-state index in [2.05, 4.69) is 32.2 Å². The summed E-state index contributed by atoms with van der Waals surface area (Å²) in [5, 5.41) is 0. The maximum absolute atomic E-state index is 2.23. The molecule has 0 saturated carbocycles. The van der Waals surface area contributed by atoms with E-state index < -0.39 is 0 Å². The van der Waals surface area contributed by atoms with E-state index in [0.717, 1.165) is 5.92 Å². The molecule has 0 atom stereocenters. The van der Waals surface area contributed by atoms with Gasteiger partial charge >= 0.3 is 0 Å². The van der Waals surface area contributed by atoms with Crippen LogP contribution < -0.4 is 0 Å². The zero-order valence-corrected chi connectivity index (χ0v) is 6.96. The fraction of sp³-hybridized carbons (Fsp3) is 1.00. The molecule has 0 aliphatic carbocycles. The summed E-state index contributed by atoms with van der Waals surface area (Å²) in [5.41, 5.74) is 0. The molecule has 2 heteroatoms. The van der Waals surface area contributed by atoms with Gasteiger partial charge in [0.2, 0.25) is 0 Å². The van der Waals surface area contributed by atoms with Crippen LogP contribution in [0.15, 0.2) is 0 Å². The fourth-order valence-corrected chi connectivity index (χ4v) is 0.894. The highest BCUT2D eigenvalue weighted by Gasteiger charge is 1.93. The molecule has 0 aromatic carbocycles. The summed E-state index contributed by atoms with van der Waals surface area (Å²) in [5.74, 6) is 2.04. The summed E-state index contributed by atoms with van der Waals surface area (Å²) in [7, 11) is 4.15. The fourth-order valence-electron chi connectivity index (χ4n) is 0.298. The first-order valence-electron chi connectivity index (χ1n) is 2.93. The van der Waals surface area contributed by atoms with Crippen molar-refractivity contribution >= 4 is 11.9 Å². The summed E-state index contributed by atoms with van der Waals surface area (Å²) < 4.78 is 2.14. The van der Waals surface area contributed by atoms with Crippen molar-refractivity contribution in [1.82, 2.24) is 4.31 Å². The molecule has 1 nitrogen and oxygen atoms in total. The first-order valence-corrected chi connectivity index (χ1v) is 3.87. The SMILES string of the molecule is CC(C)CSN(C)C. The number of hydrogen-bond acceptors (Lipinski definition) is 2. The minimum Gasteiger partial charge on any atom is -0.257 e. The summed E-state index contributed by atoms with van der Waals surface area (Å²) in [6.45, 7) is 4.47. The highest BCUT2D eigenvalue weighted by atomic mass is 32.2. The van der Waals surface area contributed by atoms with Gasteiger partial charge in [-0.3, -0.25) is 4.31 Å². The van der Waals surface area contributed by atoms with Crippen LogP contribution in [0.4, 0.5) is 0 Å². The van der Waals surface area contributed by atoms with Crippen LogP contribution in [-0.4, -0.2) is 24.2 Å². The van der Waals surface area contributed by atoms with Crippen molar-refractivity contribution < 1.29 is 0 Å². The molecule has 0 rings (SSSR count). The quantitative estimate of drug-likeness (QED) is 0.541. The summed E-state index contributed by atoms with van der Waals surface area (Å²) in [6, 6.07) is 0. The van der Waals surface area contributed by atoms with Crippen molar-refractivity contribution in [3.8, 4) is 0 Å². The predicted molar refractivity (Wildman–Crippen MR) is 41.0 cm³/mol. The summed E-state index contributed by atoms with van der Waals surface area (Å²) in [6.07, 6.45) is 0. The van der Waals surface area contributed by atoms with Crippen LogP contribution >= 0.6 is 11.9 Å².